The first-order valence-electron chi connectivity index (χ1n) is 10.7. The maximum absolute atomic E-state index is 12.5. The number of methoxy groups -OCH3 is 1. The molecule has 0 bridgehead atoms. The van der Waals surface area contributed by atoms with Crippen molar-refractivity contribution < 1.29 is 19.0 Å². The summed E-state index contributed by atoms with van der Waals surface area (Å²) in [5, 5.41) is 3.99. The van der Waals surface area contributed by atoms with Gasteiger partial charge < -0.3 is 14.2 Å². The fraction of sp³-hybridized carbons (Fsp3) is 0.160. The number of aromatic amines is 1. The van der Waals surface area contributed by atoms with Crippen molar-refractivity contribution in [3.8, 4) is 22.9 Å². The van der Waals surface area contributed by atoms with E-state index < -0.39 is 22.9 Å². The van der Waals surface area contributed by atoms with Crippen LogP contribution in [0.25, 0.3) is 5.69 Å². The number of nitrogens with one attached hydrogen (secondary N) is 1. The molecule has 4 rings (SSSR count). The molecule has 0 amide bonds. The highest BCUT2D eigenvalue weighted by atomic mass is 79.9. The normalized spacial score (nSPS) is 10.7. The van der Waals surface area contributed by atoms with Gasteiger partial charge in [0.05, 0.1) is 23.0 Å². The molecule has 1 N–H and O–H groups in total. The molecule has 0 fully saturated rings. The van der Waals surface area contributed by atoms with Gasteiger partial charge in [-0.25, -0.2) is 9.59 Å². The highest BCUT2D eigenvalue weighted by Gasteiger charge is 2.19. The van der Waals surface area contributed by atoms with E-state index in [4.69, 9.17) is 14.2 Å². The van der Waals surface area contributed by atoms with E-state index in [0.29, 0.717) is 39.8 Å². The van der Waals surface area contributed by atoms with Gasteiger partial charge in [-0.2, -0.15) is 9.78 Å². The van der Waals surface area contributed by atoms with E-state index in [-0.39, 0.29) is 6.61 Å². The third kappa shape index (κ3) is 5.36. The molecule has 10 nitrogen and oxygen atoms in total. The van der Waals surface area contributed by atoms with Gasteiger partial charge in [0.25, 0.3) is 5.56 Å². The van der Waals surface area contributed by atoms with Crippen LogP contribution in [0.1, 0.15) is 27.3 Å². The average Bonchev–Trinajstić information content (AvgIpc) is 2.85. The molecule has 0 aliphatic heterocycles. The van der Waals surface area contributed by atoms with E-state index in [2.05, 4.69) is 31.0 Å². The van der Waals surface area contributed by atoms with Crippen molar-refractivity contribution in [2.75, 3.05) is 7.11 Å². The van der Waals surface area contributed by atoms with Crippen LogP contribution in [0.4, 0.5) is 0 Å². The number of nitrogens with zero attached hydrogens (tertiary/aromatic N) is 3. The molecule has 0 spiro atoms. The smallest absolute Gasteiger partial charge is 0.365 e. The van der Waals surface area contributed by atoms with Crippen LogP contribution in [-0.2, 0) is 11.3 Å². The van der Waals surface area contributed by atoms with Crippen LogP contribution < -0.4 is 20.7 Å². The van der Waals surface area contributed by atoms with E-state index in [1.165, 1.54) is 0 Å². The molecule has 0 aliphatic carbocycles. The summed E-state index contributed by atoms with van der Waals surface area (Å²) < 4.78 is 18.1. The fourth-order valence-corrected chi connectivity index (χ4v) is 3.96. The second-order valence-corrected chi connectivity index (χ2v) is 8.58. The average molecular weight is 553 g/mol. The predicted molar refractivity (Wildman–Crippen MR) is 134 cm³/mol. The Labute approximate surface area is 213 Å². The lowest BCUT2D eigenvalue weighted by molar-refractivity contribution is 0.0455. The van der Waals surface area contributed by atoms with E-state index in [1.54, 1.807) is 61.8 Å². The number of hydrogen-bond donors (Lipinski definition) is 1. The lowest BCUT2D eigenvalue weighted by atomic mass is 10.1. The standard InChI is InChI=1S/C25H21BrN4O6/c1-14-10-17(11-15(2)22(14)36-18-7-8-20(34-3)19(26)12-18)30-25(33)28-23(31)21(29-30)24(32)35-13-16-6-4-5-9-27-16/h4-12H,13H2,1-3H3,(H,28,31,33). The number of aromatic nitrogens is 4. The zero-order valence-electron chi connectivity index (χ0n) is 19.6. The van der Waals surface area contributed by atoms with Crippen molar-refractivity contribution in [3.63, 3.8) is 0 Å². The van der Waals surface area contributed by atoms with Crippen molar-refractivity contribution in [1.82, 2.24) is 19.7 Å². The number of carbonyl (C=O) groups excluding carboxylic acids is 1. The van der Waals surface area contributed by atoms with Gasteiger partial charge in [-0.05, 0) is 83.4 Å². The first kappa shape index (κ1) is 24.9. The molecule has 2 heterocycles. The highest BCUT2D eigenvalue weighted by molar-refractivity contribution is 9.10. The molecule has 2 aromatic carbocycles. The number of carbonyl (C=O) groups is 1. The van der Waals surface area contributed by atoms with Gasteiger partial charge in [0.2, 0.25) is 5.69 Å². The van der Waals surface area contributed by atoms with Gasteiger partial charge in [-0.1, -0.05) is 6.07 Å². The summed E-state index contributed by atoms with van der Waals surface area (Å²) >= 11 is 3.43. The third-order valence-electron chi connectivity index (χ3n) is 5.13. The van der Waals surface area contributed by atoms with Crippen LogP contribution in [0.3, 0.4) is 0 Å². The van der Waals surface area contributed by atoms with Gasteiger partial charge >= 0.3 is 11.7 Å². The Morgan fingerprint density at radius 2 is 1.83 bits per heavy atom. The van der Waals surface area contributed by atoms with Crippen LogP contribution in [0.2, 0.25) is 0 Å². The summed E-state index contributed by atoms with van der Waals surface area (Å²) in [6, 6.07) is 13.8. The molecule has 184 valence electrons. The molecule has 0 radical (unpaired) electrons. The molecule has 0 unspecified atom stereocenters. The van der Waals surface area contributed by atoms with Crippen molar-refractivity contribution in [2.45, 2.75) is 20.5 Å². The van der Waals surface area contributed by atoms with E-state index >= 15 is 0 Å². The summed E-state index contributed by atoms with van der Waals surface area (Å²) in [6.45, 7) is 3.47. The molecule has 36 heavy (non-hydrogen) atoms. The Balaban J connectivity index is 1.63. The van der Waals surface area contributed by atoms with Gasteiger partial charge in [0, 0.05) is 6.20 Å². The SMILES string of the molecule is COc1ccc(Oc2c(C)cc(-n3nc(C(=O)OCc4ccccn4)c(=O)[nH]c3=O)cc2C)cc1Br. The second-order valence-electron chi connectivity index (χ2n) is 7.72. The monoisotopic (exact) mass is 552 g/mol. The molecule has 0 saturated heterocycles. The maximum atomic E-state index is 12.5. The Bertz CT molecular complexity index is 1530. The Morgan fingerprint density at radius 3 is 2.47 bits per heavy atom. The van der Waals surface area contributed by atoms with Crippen LogP contribution in [-0.4, -0.2) is 32.8 Å². The van der Waals surface area contributed by atoms with Gasteiger partial charge in [0.1, 0.15) is 23.9 Å². The summed E-state index contributed by atoms with van der Waals surface area (Å²) in [5.41, 5.74) is -0.0420. The highest BCUT2D eigenvalue weighted by Crippen LogP contribution is 2.34. The largest absolute Gasteiger partial charge is 0.496 e. The molecule has 2 aromatic heterocycles. The lowest BCUT2D eigenvalue weighted by Gasteiger charge is -2.15. The number of pyridine rings is 1. The van der Waals surface area contributed by atoms with Crippen molar-refractivity contribution >= 4 is 21.9 Å². The number of rotatable bonds is 7. The van der Waals surface area contributed by atoms with Gasteiger partial charge in [0.15, 0.2) is 0 Å². The van der Waals surface area contributed by atoms with Gasteiger partial charge in [-0.15, -0.1) is 0 Å². The molecule has 0 aliphatic rings. The minimum absolute atomic E-state index is 0.147. The Morgan fingerprint density at radius 1 is 1.08 bits per heavy atom. The predicted octanol–water partition coefficient (Wildman–Crippen LogP) is 3.85. The molecule has 4 aromatic rings. The molecule has 0 atom stereocenters. The zero-order chi connectivity index (χ0) is 25.8. The summed E-state index contributed by atoms with van der Waals surface area (Å²) in [4.78, 5) is 43.5. The Kier molecular flexibility index (Phi) is 7.30. The van der Waals surface area contributed by atoms with Crippen LogP contribution in [0.5, 0.6) is 17.2 Å². The number of esters is 1. The van der Waals surface area contributed by atoms with E-state index in [0.717, 1.165) is 9.15 Å². The summed E-state index contributed by atoms with van der Waals surface area (Å²) in [5.74, 6) is 0.861. The molecule has 0 saturated carbocycles. The number of aryl methyl sites for hydroxylation is 2. The maximum Gasteiger partial charge on any atom is 0.365 e. The molecular weight excluding hydrogens is 532 g/mol. The number of hydrogen-bond acceptors (Lipinski definition) is 8. The topological polar surface area (TPSA) is 125 Å². The quantitative estimate of drug-likeness (QED) is 0.342. The van der Waals surface area contributed by atoms with Crippen molar-refractivity contribution in [3.05, 3.63) is 103 Å². The van der Waals surface area contributed by atoms with Gasteiger partial charge in [-0.3, -0.25) is 14.8 Å². The van der Waals surface area contributed by atoms with Crippen molar-refractivity contribution in [1.29, 1.82) is 0 Å². The minimum Gasteiger partial charge on any atom is -0.496 e. The van der Waals surface area contributed by atoms with Crippen LogP contribution in [0, 0.1) is 13.8 Å². The first-order chi connectivity index (χ1) is 17.3. The van der Waals surface area contributed by atoms with Crippen LogP contribution >= 0.6 is 15.9 Å². The molecular formula is C25H21BrN4O6. The number of ether oxygens (including phenoxy) is 3. The number of benzene rings is 2. The lowest BCUT2D eigenvalue weighted by Crippen LogP contribution is -2.36. The number of halogens is 1. The third-order valence-corrected chi connectivity index (χ3v) is 5.75. The van der Waals surface area contributed by atoms with Crippen molar-refractivity contribution in [2.24, 2.45) is 0 Å². The van der Waals surface area contributed by atoms with Crippen LogP contribution in [0.15, 0.2) is 68.8 Å². The number of H-pyrrole nitrogens is 1. The fourth-order valence-electron chi connectivity index (χ4n) is 3.44. The van der Waals surface area contributed by atoms with E-state index in [9.17, 15) is 14.4 Å². The summed E-state index contributed by atoms with van der Waals surface area (Å²) in [7, 11) is 1.58. The zero-order valence-corrected chi connectivity index (χ0v) is 21.2. The van der Waals surface area contributed by atoms with E-state index in [1.807, 2.05) is 13.8 Å². The summed E-state index contributed by atoms with van der Waals surface area (Å²) in [6.07, 6.45) is 1.56. The second kappa shape index (κ2) is 10.6. The first-order valence-corrected chi connectivity index (χ1v) is 11.5. The minimum atomic E-state index is -0.978. The molecule has 11 heteroatoms. The Hall–Kier alpha value is -4.25.